The van der Waals surface area contributed by atoms with Crippen molar-refractivity contribution in [1.82, 2.24) is 10.1 Å². The van der Waals surface area contributed by atoms with Crippen molar-refractivity contribution in [3.63, 3.8) is 0 Å². The number of hydrogen-bond acceptors (Lipinski definition) is 5. The lowest BCUT2D eigenvalue weighted by Gasteiger charge is -2.19. The summed E-state index contributed by atoms with van der Waals surface area (Å²) in [5.41, 5.74) is 5.53. The average molecular weight is 211 g/mol. The molecule has 1 aromatic heterocycles. The van der Waals surface area contributed by atoms with Gasteiger partial charge in [0.2, 0.25) is 5.89 Å². The number of rotatable bonds is 5. The van der Waals surface area contributed by atoms with Crippen LogP contribution in [0.2, 0.25) is 0 Å². The molecule has 1 saturated carbocycles. The number of aromatic nitrogens is 2. The number of nitrogens with zero attached hydrogens (tertiary/aromatic N) is 2. The summed E-state index contributed by atoms with van der Waals surface area (Å²) in [5.74, 6) is 1.80. The Morgan fingerprint density at radius 2 is 2.33 bits per heavy atom. The highest BCUT2D eigenvalue weighted by Crippen LogP contribution is 2.39. The third kappa shape index (κ3) is 2.35. The Morgan fingerprint density at radius 3 is 2.93 bits per heavy atom. The van der Waals surface area contributed by atoms with Crippen LogP contribution in [0.5, 0.6) is 0 Å². The molecule has 1 heterocycles. The van der Waals surface area contributed by atoms with Gasteiger partial charge < -0.3 is 15.0 Å². The summed E-state index contributed by atoms with van der Waals surface area (Å²) < 4.78 is 10.2. The van der Waals surface area contributed by atoms with Gasteiger partial charge >= 0.3 is 0 Å². The van der Waals surface area contributed by atoms with Crippen LogP contribution in [-0.4, -0.2) is 23.9 Å². The van der Waals surface area contributed by atoms with Crippen LogP contribution < -0.4 is 5.73 Å². The zero-order chi connectivity index (χ0) is 10.9. The topological polar surface area (TPSA) is 74.2 Å². The number of nitrogens with two attached hydrogens (primary N) is 1. The number of methoxy groups -OCH3 is 1. The van der Waals surface area contributed by atoms with E-state index in [4.69, 9.17) is 15.0 Å². The van der Waals surface area contributed by atoms with E-state index >= 15 is 0 Å². The summed E-state index contributed by atoms with van der Waals surface area (Å²) in [6, 6.07) is 0. The average Bonchev–Trinajstić information content (AvgIpc) is 2.93. The van der Waals surface area contributed by atoms with Crippen LogP contribution in [0.15, 0.2) is 4.52 Å². The molecule has 1 aliphatic carbocycles. The van der Waals surface area contributed by atoms with E-state index < -0.39 is 5.54 Å². The summed E-state index contributed by atoms with van der Waals surface area (Å²) in [6.45, 7) is 2.49. The highest BCUT2D eigenvalue weighted by Gasteiger charge is 2.33. The van der Waals surface area contributed by atoms with E-state index in [-0.39, 0.29) is 0 Å². The van der Waals surface area contributed by atoms with Crippen LogP contribution in [0, 0.1) is 0 Å². The van der Waals surface area contributed by atoms with Gasteiger partial charge in [-0.2, -0.15) is 4.98 Å². The quantitative estimate of drug-likeness (QED) is 0.791. The maximum atomic E-state index is 6.09. The van der Waals surface area contributed by atoms with E-state index in [1.165, 1.54) is 0 Å². The summed E-state index contributed by atoms with van der Waals surface area (Å²) in [5, 5.41) is 3.94. The molecule has 0 aromatic carbocycles. The summed E-state index contributed by atoms with van der Waals surface area (Å²) in [6.07, 6.45) is 3.00. The molecule has 0 spiro atoms. The van der Waals surface area contributed by atoms with Gasteiger partial charge in [-0.15, -0.1) is 0 Å². The van der Waals surface area contributed by atoms with Crippen molar-refractivity contribution in [2.75, 3.05) is 13.7 Å². The second-order valence-corrected chi connectivity index (χ2v) is 4.39. The molecule has 0 amide bonds. The van der Waals surface area contributed by atoms with Crippen molar-refractivity contribution in [2.24, 2.45) is 5.73 Å². The van der Waals surface area contributed by atoms with E-state index in [1.54, 1.807) is 7.11 Å². The van der Waals surface area contributed by atoms with E-state index in [2.05, 4.69) is 10.1 Å². The molecule has 84 valence electrons. The maximum Gasteiger partial charge on any atom is 0.229 e. The molecule has 2 rings (SSSR count). The minimum absolute atomic E-state index is 0.476. The third-order valence-electron chi connectivity index (χ3n) is 2.70. The number of ether oxygens (including phenoxy) is 1. The van der Waals surface area contributed by atoms with Crippen LogP contribution in [0.1, 0.15) is 43.8 Å². The standard InChI is InChI=1S/C10H17N3O2/c1-10(11,5-6-14-2)9-12-8(15-13-9)7-3-4-7/h7H,3-6,11H2,1-2H3. The molecule has 0 aliphatic heterocycles. The van der Waals surface area contributed by atoms with Gasteiger partial charge in [0.05, 0.1) is 5.54 Å². The maximum absolute atomic E-state index is 6.09. The van der Waals surface area contributed by atoms with Gasteiger partial charge in [0, 0.05) is 19.6 Å². The molecule has 0 radical (unpaired) electrons. The Bertz CT molecular complexity index is 331. The second-order valence-electron chi connectivity index (χ2n) is 4.39. The lowest BCUT2D eigenvalue weighted by Crippen LogP contribution is -2.35. The predicted octanol–water partition coefficient (Wildman–Crippen LogP) is 1.16. The largest absolute Gasteiger partial charge is 0.385 e. The fourth-order valence-corrected chi connectivity index (χ4v) is 1.39. The Morgan fingerprint density at radius 1 is 1.60 bits per heavy atom. The van der Waals surface area contributed by atoms with Crippen molar-refractivity contribution in [1.29, 1.82) is 0 Å². The van der Waals surface area contributed by atoms with Gasteiger partial charge in [-0.05, 0) is 26.2 Å². The first-order valence-corrected chi connectivity index (χ1v) is 5.25. The normalized spacial score (nSPS) is 20.2. The molecular formula is C10H17N3O2. The van der Waals surface area contributed by atoms with Crippen molar-refractivity contribution in [2.45, 2.75) is 37.6 Å². The third-order valence-corrected chi connectivity index (χ3v) is 2.70. The molecule has 5 heteroatoms. The molecule has 5 nitrogen and oxygen atoms in total. The van der Waals surface area contributed by atoms with E-state index in [0.29, 0.717) is 24.8 Å². The van der Waals surface area contributed by atoms with Crippen LogP contribution in [0.25, 0.3) is 0 Å². The van der Waals surface area contributed by atoms with Crippen LogP contribution in [0.4, 0.5) is 0 Å². The van der Waals surface area contributed by atoms with Crippen LogP contribution >= 0.6 is 0 Å². The Labute approximate surface area is 89.0 Å². The number of hydrogen-bond donors (Lipinski definition) is 1. The van der Waals surface area contributed by atoms with Gasteiger partial charge in [0.15, 0.2) is 5.82 Å². The molecule has 15 heavy (non-hydrogen) atoms. The van der Waals surface area contributed by atoms with E-state index in [9.17, 15) is 0 Å². The monoisotopic (exact) mass is 211 g/mol. The molecule has 0 saturated heterocycles. The first-order chi connectivity index (χ1) is 7.13. The van der Waals surface area contributed by atoms with Crippen molar-refractivity contribution in [3.8, 4) is 0 Å². The molecule has 0 bridgehead atoms. The zero-order valence-corrected chi connectivity index (χ0v) is 9.19. The Hall–Kier alpha value is -0.940. The molecule has 2 N–H and O–H groups in total. The lowest BCUT2D eigenvalue weighted by molar-refractivity contribution is 0.168. The first-order valence-electron chi connectivity index (χ1n) is 5.25. The van der Waals surface area contributed by atoms with E-state index in [0.717, 1.165) is 18.7 Å². The summed E-state index contributed by atoms with van der Waals surface area (Å²) in [4.78, 5) is 4.34. The summed E-state index contributed by atoms with van der Waals surface area (Å²) in [7, 11) is 1.65. The van der Waals surface area contributed by atoms with Crippen LogP contribution in [0.3, 0.4) is 0 Å². The Kier molecular flexibility index (Phi) is 2.75. The molecule has 1 unspecified atom stereocenters. The highest BCUT2D eigenvalue weighted by atomic mass is 16.5. The van der Waals surface area contributed by atoms with Gasteiger partial charge in [-0.1, -0.05) is 5.16 Å². The summed E-state index contributed by atoms with van der Waals surface area (Å²) >= 11 is 0. The zero-order valence-electron chi connectivity index (χ0n) is 9.19. The van der Waals surface area contributed by atoms with Gasteiger partial charge in [0.25, 0.3) is 0 Å². The van der Waals surface area contributed by atoms with Gasteiger partial charge in [-0.3, -0.25) is 0 Å². The molecule has 1 aliphatic rings. The minimum Gasteiger partial charge on any atom is -0.385 e. The Balaban J connectivity index is 2.05. The van der Waals surface area contributed by atoms with Crippen molar-refractivity contribution < 1.29 is 9.26 Å². The lowest BCUT2D eigenvalue weighted by atomic mass is 9.99. The van der Waals surface area contributed by atoms with Gasteiger partial charge in [0.1, 0.15) is 0 Å². The molecule has 1 atom stereocenters. The second kappa shape index (κ2) is 3.90. The predicted molar refractivity (Wildman–Crippen MR) is 54.3 cm³/mol. The smallest absolute Gasteiger partial charge is 0.229 e. The van der Waals surface area contributed by atoms with E-state index in [1.807, 2.05) is 6.92 Å². The van der Waals surface area contributed by atoms with Crippen LogP contribution in [-0.2, 0) is 10.3 Å². The van der Waals surface area contributed by atoms with Crippen molar-refractivity contribution >= 4 is 0 Å². The first kappa shape index (κ1) is 10.6. The molecule has 1 aromatic rings. The molecule has 1 fully saturated rings. The fourth-order valence-electron chi connectivity index (χ4n) is 1.39. The molecular weight excluding hydrogens is 194 g/mol. The highest BCUT2D eigenvalue weighted by molar-refractivity contribution is 5.07. The van der Waals surface area contributed by atoms with Crippen molar-refractivity contribution in [3.05, 3.63) is 11.7 Å². The fraction of sp³-hybridized carbons (Fsp3) is 0.800. The van der Waals surface area contributed by atoms with Gasteiger partial charge in [-0.25, -0.2) is 0 Å². The SMILES string of the molecule is COCCC(C)(N)c1noc(C2CC2)n1. The minimum atomic E-state index is -0.563.